The van der Waals surface area contributed by atoms with Crippen molar-refractivity contribution in [2.75, 3.05) is 33.0 Å². The lowest BCUT2D eigenvalue weighted by Gasteiger charge is -2.30. The molecule has 8 heteroatoms. The number of rotatable bonds is 14. The first-order valence-electron chi connectivity index (χ1n) is 13.3. The number of carbonyl (C=O) groups is 2. The van der Waals surface area contributed by atoms with Crippen LogP contribution >= 0.6 is 0 Å². The zero-order chi connectivity index (χ0) is 25.2. The van der Waals surface area contributed by atoms with Gasteiger partial charge in [-0.2, -0.15) is 0 Å². The van der Waals surface area contributed by atoms with Crippen LogP contribution < -0.4 is 9.47 Å². The molecule has 0 radical (unpaired) electrons. The molecule has 3 atom stereocenters. The lowest BCUT2D eigenvalue weighted by Crippen LogP contribution is -2.45. The summed E-state index contributed by atoms with van der Waals surface area (Å²) in [5.74, 6) is 1.29. The van der Waals surface area contributed by atoms with Gasteiger partial charge in [-0.3, -0.25) is 9.69 Å². The fourth-order valence-electron chi connectivity index (χ4n) is 5.15. The van der Waals surface area contributed by atoms with Crippen molar-refractivity contribution in [3.05, 3.63) is 23.8 Å². The molecule has 0 saturated carbocycles. The van der Waals surface area contributed by atoms with Gasteiger partial charge in [-0.25, -0.2) is 4.79 Å². The molecule has 1 aromatic carbocycles. The standard InChI is InChI=1S/C27H42N2O6/c1-4-7-10-11-22-26(35-27(31)32)21(20-12-13-23-24(16-20)34-19-33-23)17-29(22)18-25(30)28(14-8-5-2)15-9-6-3/h12-13,16,21-22,26H,4-11,14-15,17-19H2,1-3H3,(H,31,32)/t21-,22-,26+/m1/s1. The molecule has 0 bridgehead atoms. The summed E-state index contributed by atoms with van der Waals surface area (Å²) in [5, 5.41) is 9.57. The van der Waals surface area contributed by atoms with Gasteiger partial charge in [0.05, 0.1) is 6.54 Å². The number of amides is 1. The van der Waals surface area contributed by atoms with Crippen LogP contribution in [0.5, 0.6) is 11.5 Å². The quantitative estimate of drug-likeness (QED) is 0.281. The molecule has 2 aliphatic heterocycles. The number of fused-ring (bicyclic) bond motifs is 1. The van der Waals surface area contributed by atoms with E-state index in [1.807, 2.05) is 23.1 Å². The Morgan fingerprint density at radius 1 is 1.03 bits per heavy atom. The van der Waals surface area contributed by atoms with Gasteiger partial charge in [0.15, 0.2) is 11.5 Å². The highest BCUT2D eigenvalue weighted by molar-refractivity contribution is 5.78. The van der Waals surface area contributed by atoms with E-state index in [1.54, 1.807) is 0 Å². The SMILES string of the molecule is CCCCC[C@@H]1[C@@H](OC(=O)O)[C@@H](c2ccc3c(c2)OCO3)CN1CC(=O)N(CCCC)CCCC. The summed E-state index contributed by atoms with van der Waals surface area (Å²) in [7, 11) is 0. The summed E-state index contributed by atoms with van der Waals surface area (Å²) in [6.07, 6.45) is 6.13. The molecule has 8 nitrogen and oxygen atoms in total. The summed E-state index contributed by atoms with van der Waals surface area (Å²) < 4.78 is 16.5. The lowest BCUT2D eigenvalue weighted by molar-refractivity contribution is -0.133. The molecule has 0 unspecified atom stereocenters. The molecule has 0 aromatic heterocycles. The molecule has 0 spiro atoms. The Balaban J connectivity index is 1.84. The number of likely N-dealkylation sites (tertiary alicyclic amines) is 1. The zero-order valence-corrected chi connectivity index (χ0v) is 21.5. The van der Waals surface area contributed by atoms with E-state index in [0.717, 1.165) is 70.0 Å². The first-order chi connectivity index (χ1) is 17.0. The van der Waals surface area contributed by atoms with Gasteiger partial charge in [-0.15, -0.1) is 0 Å². The van der Waals surface area contributed by atoms with E-state index >= 15 is 0 Å². The van der Waals surface area contributed by atoms with Crippen molar-refractivity contribution in [1.82, 2.24) is 9.80 Å². The van der Waals surface area contributed by atoms with Crippen LogP contribution in [0.25, 0.3) is 0 Å². The maximum atomic E-state index is 13.4. The van der Waals surface area contributed by atoms with Gasteiger partial charge in [0.2, 0.25) is 12.7 Å². The van der Waals surface area contributed by atoms with Crippen LogP contribution in [-0.4, -0.2) is 72.1 Å². The van der Waals surface area contributed by atoms with Gasteiger partial charge in [0.25, 0.3) is 0 Å². The minimum absolute atomic E-state index is 0.118. The topological polar surface area (TPSA) is 88.5 Å². The number of benzene rings is 1. The third-order valence-electron chi connectivity index (χ3n) is 7.10. The first-order valence-corrected chi connectivity index (χ1v) is 13.3. The van der Waals surface area contributed by atoms with Crippen LogP contribution in [0.4, 0.5) is 4.79 Å². The van der Waals surface area contributed by atoms with Gasteiger partial charge in [-0.05, 0) is 37.0 Å². The highest BCUT2D eigenvalue weighted by Crippen LogP contribution is 2.41. The molecule has 196 valence electrons. The number of hydrogen-bond acceptors (Lipinski definition) is 6. The molecule has 0 aliphatic carbocycles. The maximum absolute atomic E-state index is 13.4. The monoisotopic (exact) mass is 490 g/mol. The molecule has 1 fully saturated rings. The third kappa shape index (κ3) is 7.26. The largest absolute Gasteiger partial charge is 0.506 e. The normalized spacial score (nSPS) is 21.3. The molecule has 1 N–H and O–H groups in total. The Kier molecular flexibility index (Phi) is 10.5. The minimum Gasteiger partial charge on any atom is -0.454 e. The number of unbranched alkanes of at least 4 members (excludes halogenated alkanes) is 4. The Hall–Kier alpha value is -2.48. The molecule has 1 amide bonds. The molecule has 1 saturated heterocycles. The summed E-state index contributed by atoms with van der Waals surface area (Å²) >= 11 is 0. The fourth-order valence-corrected chi connectivity index (χ4v) is 5.15. The average Bonchev–Trinajstić information content (AvgIpc) is 3.43. The van der Waals surface area contributed by atoms with Gasteiger partial charge < -0.3 is 24.2 Å². The van der Waals surface area contributed by atoms with Crippen LogP contribution in [0.2, 0.25) is 0 Å². The van der Waals surface area contributed by atoms with Crippen molar-refractivity contribution in [2.24, 2.45) is 0 Å². The smallest absolute Gasteiger partial charge is 0.454 e. The van der Waals surface area contributed by atoms with E-state index in [1.165, 1.54) is 0 Å². The van der Waals surface area contributed by atoms with E-state index < -0.39 is 12.3 Å². The van der Waals surface area contributed by atoms with Crippen LogP contribution in [0.15, 0.2) is 18.2 Å². The number of carboxylic acid groups (broad SMARTS) is 1. The summed E-state index contributed by atoms with van der Waals surface area (Å²) in [6, 6.07) is 5.61. The van der Waals surface area contributed by atoms with Crippen molar-refractivity contribution in [2.45, 2.75) is 90.2 Å². The fraction of sp³-hybridized carbons (Fsp3) is 0.704. The molecular formula is C27H42N2O6. The van der Waals surface area contributed by atoms with Crippen LogP contribution in [0.1, 0.15) is 83.6 Å². The average molecular weight is 491 g/mol. The molecule has 1 aromatic rings. The van der Waals surface area contributed by atoms with Crippen molar-refractivity contribution in [1.29, 1.82) is 0 Å². The van der Waals surface area contributed by atoms with Crippen molar-refractivity contribution < 1.29 is 28.9 Å². The highest BCUT2D eigenvalue weighted by Gasteiger charge is 2.45. The lowest BCUT2D eigenvalue weighted by atomic mass is 9.91. The van der Waals surface area contributed by atoms with E-state index in [0.29, 0.717) is 18.0 Å². The van der Waals surface area contributed by atoms with Crippen molar-refractivity contribution in [3.63, 3.8) is 0 Å². The van der Waals surface area contributed by atoms with E-state index in [-0.39, 0.29) is 31.2 Å². The number of hydrogen-bond donors (Lipinski definition) is 1. The van der Waals surface area contributed by atoms with Gasteiger partial charge in [0.1, 0.15) is 6.10 Å². The Labute approximate surface area is 209 Å². The zero-order valence-electron chi connectivity index (χ0n) is 21.5. The highest BCUT2D eigenvalue weighted by atomic mass is 16.7. The Bertz CT molecular complexity index is 824. The third-order valence-corrected chi connectivity index (χ3v) is 7.10. The maximum Gasteiger partial charge on any atom is 0.506 e. The number of carbonyl (C=O) groups excluding carboxylic acids is 1. The Morgan fingerprint density at radius 2 is 1.71 bits per heavy atom. The van der Waals surface area contributed by atoms with Gasteiger partial charge >= 0.3 is 6.16 Å². The minimum atomic E-state index is -1.28. The first kappa shape index (κ1) is 27.1. The van der Waals surface area contributed by atoms with Crippen LogP contribution in [0.3, 0.4) is 0 Å². The second-order valence-electron chi connectivity index (χ2n) is 9.65. The van der Waals surface area contributed by atoms with Crippen LogP contribution in [0, 0.1) is 0 Å². The van der Waals surface area contributed by atoms with Crippen molar-refractivity contribution >= 4 is 12.1 Å². The Morgan fingerprint density at radius 3 is 2.37 bits per heavy atom. The predicted octanol–water partition coefficient (Wildman–Crippen LogP) is 5.26. The predicted molar refractivity (Wildman–Crippen MR) is 134 cm³/mol. The number of ether oxygens (including phenoxy) is 3. The van der Waals surface area contributed by atoms with Crippen LogP contribution in [-0.2, 0) is 9.53 Å². The summed E-state index contributed by atoms with van der Waals surface area (Å²) in [6.45, 7) is 8.99. The van der Waals surface area contributed by atoms with E-state index in [2.05, 4.69) is 25.7 Å². The second-order valence-corrected chi connectivity index (χ2v) is 9.65. The van der Waals surface area contributed by atoms with Crippen molar-refractivity contribution in [3.8, 4) is 11.5 Å². The van der Waals surface area contributed by atoms with Gasteiger partial charge in [0, 0.05) is 31.6 Å². The second kappa shape index (κ2) is 13.6. The molecule has 35 heavy (non-hydrogen) atoms. The summed E-state index contributed by atoms with van der Waals surface area (Å²) in [4.78, 5) is 29.3. The van der Waals surface area contributed by atoms with E-state index in [4.69, 9.17) is 14.2 Å². The summed E-state index contributed by atoms with van der Waals surface area (Å²) in [5.41, 5.74) is 0.949. The van der Waals surface area contributed by atoms with Gasteiger partial charge in [-0.1, -0.05) is 58.9 Å². The van der Waals surface area contributed by atoms with E-state index in [9.17, 15) is 14.7 Å². The number of nitrogens with zero attached hydrogens (tertiary/aromatic N) is 2. The molecule has 3 rings (SSSR count). The molecule has 2 heterocycles. The molecule has 2 aliphatic rings. The molecular weight excluding hydrogens is 448 g/mol.